The molecule has 0 spiro atoms. The topological polar surface area (TPSA) is 26.3 Å². The van der Waals surface area contributed by atoms with E-state index in [0.29, 0.717) is 12.2 Å². The molecule has 0 fully saturated rings. The van der Waals surface area contributed by atoms with Crippen LogP contribution in [0.2, 0.25) is 18.1 Å². The molecule has 0 aliphatic heterocycles. The first-order chi connectivity index (χ1) is 9.09. The maximum Gasteiger partial charge on any atom is 0.338 e. The second-order valence-electron chi connectivity index (χ2n) is 4.89. The van der Waals surface area contributed by atoms with Crippen molar-refractivity contribution >= 4 is 14.0 Å². The van der Waals surface area contributed by atoms with E-state index in [1.807, 2.05) is 18.2 Å². The molecular formula is C16H24O2Si. The second-order valence-corrected chi connectivity index (χ2v) is 10.3. The molecule has 0 saturated heterocycles. The Morgan fingerprint density at radius 3 is 2.11 bits per heavy atom. The Labute approximate surface area is 117 Å². The maximum atomic E-state index is 11.9. The Morgan fingerprint density at radius 2 is 1.63 bits per heavy atom. The minimum atomic E-state index is -1.46. The average Bonchev–Trinajstić information content (AvgIpc) is 2.48. The van der Waals surface area contributed by atoms with Crippen LogP contribution in [0.15, 0.2) is 42.1 Å². The van der Waals surface area contributed by atoms with Crippen molar-refractivity contribution in [3.8, 4) is 0 Å². The number of rotatable bonds is 7. The van der Waals surface area contributed by atoms with Crippen LogP contribution in [0, 0.1) is 0 Å². The van der Waals surface area contributed by atoms with Crippen LogP contribution in [-0.4, -0.2) is 20.7 Å². The molecule has 3 heteroatoms. The van der Waals surface area contributed by atoms with Gasteiger partial charge in [-0.1, -0.05) is 62.3 Å². The molecule has 0 N–H and O–H groups in total. The largest absolute Gasteiger partial charge is 0.458 e. The van der Waals surface area contributed by atoms with Crippen molar-refractivity contribution in [2.45, 2.75) is 38.9 Å². The molecule has 0 saturated carbocycles. The van der Waals surface area contributed by atoms with Crippen LogP contribution in [-0.2, 0) is 4.74 Å². The molecule has 2 nitrogen and oxygen atoms in total. The summed E-state index contributed by atoms with van der Waals surface area (Å²) in [5, 5.41) is 1.16. The molecule has 104 valence electrons. The van der Waals surface area contributed by atoms with E-state index in [9.17, 15) is 4.79 Å². The van der Waals surface area contributed by atoms with Gasteiger partial charge in [0.05, 0.1) is 13.6 Å². The number of carbonyl (C=O) groups excluding carboxylic acids is 1. The lowest BCUT2D eigenvalue weighted by Gasteiger charge is -2.30. The van der Waals surface area contributed by atoms with Crippen molar-refractivity contribution in [3.63, 3.8) is 0 Å². The van der Waals surface area contributed by atoms with Crippen LogP contribution in [0.1, 0.15) is 31.1 Å². The summed E-state index contributed by atoms with van der Waals surface area (Å²) < 4.78 is 5.40. The molecule has 1 rings (SSSR count). The minimum absolute atomic E-state index is 0.257. The predicted octanol–water partition coefficient (Wildman–Crippen LogP) is 4.45. The fourth-order valence-corrected chi connectivity index (χ4v) is 5.84. The summed E-state index contributed by atoms with van der Waals surface area (Å²) in [4.78, 5) is 11.9. The van der Waals surface area contributed by atoms with Crippen LogP contribution in [0.4, 0.5) is 0 Å². The molecule has 0 amide bonds. The van der Waals surface area contributed by atoms with Crippen LogP contribution in [0.3, 0.4) is 0 Å². The lowest BCUT2D eigenvalue weighted by Crippen LogP contribution is -2.36. The number of benzene rings is 1. The van der Waals surface area contributed by atoms with E-state index in [-0.39, 0.29) is 5.97 Å². The first-order valence-electron chi connectivity index (χ1n) is 7.00. The zero-order valence-corrected chi connectivity index (χ0v) is 13.2. The number of hydrogen-bond acceptors (Lipinski definition) is 2. The van der Waals surface area contributed by atoms with Crippen molar-refractivity contribution in [1.29, 1.82) is 0 Å². The van der Waals surface area contributed by atoms with E-state index in [4.69, 9.17) is 4.74 Å². The fourth-order valence-electron chi connectivity index (χ4n) is 2.46. The van der Waals surface area contributed by atoms with Gasteiger partial charge < -0.3 is 4.74 Å². The van der Waals surface area contributed by atoms with Gasteiger partial charge in [-0.25, -0.2) is 4.79 Å². The van der Waals surface area contributed by atoms with E-state index in [1.165, 1.54) is 18.1 Å². The maximum absolute atomic E-state index is 11.9. The number of carbonyl (C=O) groups is 1. The zero-order chi connectivity index (χ0) is 14.3. The Morgan fingerprint density at radius 1 is 1.11 bits per heavy atom. The predicted molar refractivity (Wildman–Crippen MR) is 83.1 cm³/mol. The van der Waals surface area contributed by atoms with Gasteiger partial charge in [0.2, 0.25) is 0 Å². The Hall–Kier alpha value is -1.35. The third-order valence-electron chi connectivity index (χ3n) is 4.17. The zero-order valence-electron chi connectivity index (χ0n) is 12.2. The van der Waals surface area contributed by atoms with E-state index in [2.05, 4.69) is 27.4 Å². The van der Waals surface area contributed by atoms with Crippen LogP contribution in [0.25, 0.3) is 0 Å². The summed E-state index contributed by atoms with van der Waals surface area (Å²) in [6.07, 6.45) is 0. The van der Waals surface area contributed by atoms with Gasteiger partial charge in [0, 0.05) is 0 Å². The minimum Gasteiger partial charge on any atom is -0.458 e. The fraction of sp³-hybridized carbons (Fsp3) is 0.438. The number of ether oxygens (including phenoxy) is 1. The molecule has 0 atom stereocenters. The summed E-state index contributed by atoms with van der Waals surface area (Å²) in [5.41, 5.74) is 0.604. The van der Waals surface area contributed by atoms with Gasteiger partial charge in [0.25, 0.3) is 0 Å². The van der Waals surface area contributed by atoms with Crippen LogP contribution in [0.5, 0.6) is 0 Å². The highest BCUT2D eigenvalue weighted by Crippen LogP contribution is 2.27. The third-order valence-corrected chi connectivity index (χ3v) is 9.87. The van der Waals surface area contributed by atoms with E-state index < -0.39 is 8.07 Å². The van der Waals surface area contributed by atoms with Gasteiger partial charge >= 0.3 is 5.97 Å². The highest BCUT2D eigenvalue weighted by molar-refractivity contribution is 6.86. The van der Waals surface area contributed by atoms with E-state index in [1.54, 1.807) is 12.1 Å². The van der Waals surface area contributed by atoms with Gasteiger partial charge in [0.1, 0.15) is 6.61 Å². The molecular weight excluding hydrogens is 252 g/mol. The van der Waals surface area contributed by atoms with Gasteiger partial charge in [-0.3, -0.25) is 0 Å². The molecule has 0 aromatic heterocycles. The molecule has 0 radical (unpaired) electrons. The van der Waals surface area contributed by atoms with Crippen LogP contribution < -0.4 is 0 Å². The molecule has 0 aliphatic rings. The monoisotopic (exact) mass is 276 g/mol. The first kappa shape index (κ1) is 15.7. The lowest BCUT2D eigenvalue weighted by atomic mass is 10.2. The molecule has 0 unspecified atom stereocenters. The van der Waals surface area contributed by atoms with Crippen molar-refractivity contribution < 1.29 is 9.53 Å². The smallest absolute Gasteiger partial charge is 0.338 e. The van der Waals surface area contributed by atoms with Crippen molar-refractivity contribution in [2.75, 3.05) is 6.61 Å². The molecule has 1 aromatic carbocycles. The van der Waals surface area contributed by atoms with Gasteiger partial charge in [-0.05, 0) is 12.1 Å². The van der Waals surface area contributed by atoms with Gasteiger partial charge in [-0.2, -0.15) is 0 Å². The number of esters is 1. The number of hydrogen-bond donors (Lipinski definition) is 0. The summed E-state index contributed by atoms with van der Waals surface area (Å²) in [6, 6.07) is 12.6. The van der Waals surface area contributed by atoms with E-state index >= 15 is 0 Å². The van der Waals surface area contributed by atoms with Crippen molar-refractivity contribution in [1.82, 2.24) is 0 Å². The highest BCUT2D eigenvalue weighted by Gasteiger charge is 2.30. The molecule has 1 aromatic rings. The third kappa shape index (κ3) is 3.80. The molecule has 19 heavy (non-hydrogen) atoms. The quantitative estimate of drug-likeness (QED) is 0.543. The second kappa shape index (κ2) is 7.29. The summed E-state index contributed by atoms with van der Waals surface area (Å²) >= 11 is 0. The average molecular weight is 276 g/mol. The standard InChI is InChI=1S/C16H24O2Si/c1-5-19(6-2,7-3)14(4)13-18-16(17)15-11-9-8-10-12-15/h8-12H,4-7,13H2,1-3H3. The summed E-state index contributed by atoms with van der Waals surface area (Å²) in [6.45, 7) is 11.2. The molecule has 0 aliphatic carbocycles. The Bertz CT molecular complexity index is 413. The van der Waals surface area contributed by atoms with Crippen LogP contribution >= 0.6 is 0 Å². The van der Waals surface area contributed by atoms with Gasteiger partial charge in [-0.15, -0.1) is 6.58 Å². The van der Waals surface area contributed by atoms with E-state index in [0.717, 1.165) is 5.20 Å². The lowest BCUT2D eigenvalue weighted by molar-refractivity contribution is 0.0545. The first-order valence-corrected chi connectivity index (χ1v) is 9.62. The summed E-state index contributed by atoms with van der Waals surface area (Å²) in [5.74, 6) is -0.257. The van der Waals surface area contributed by atoms with Gasteiger partial charge in [0.15, 0.2) is 0 Å². The molecule has 0 bridgehead atoms. The van der Waals surface area contributed by atoms with Crippen molar-refractivity contribution in [2.24, 2.45) is 0 Å². The highest BCUT2D eigenvalue weighted by atomic mass is 28.3. The Kier molecular flexibility index (Phi) is 6.02. The SMILES string of the molecule is C=C(COC(=O)c1ccccc1)[Si](CC)(CC)CC. The normalized spacial score (nSPS) is 11.1. The Balaban J connectivity index is 2.62. The molecule has 0 heterocycles. The van der Waals surface area contributed by atoms with Crippen molar-refractivity contribution in [3.05, 3.63) is 47.7 Å². The summed E-state index contributed by atoms with van der Waals surface area (Å²) in [7, 11) is -1.46.